The summed E-state index contributed by atoms with van der Waals surface area (Å²) in [6.07, 6.45) is 10.1. The topological polar surface area (TPSA) is 75.1 Å². The molecular formula is C28H44N6O3. The summed E-state index contributed by atoms with van der Waals surface area (Å²) in [6.45, 7) is 9.35. The zero-order valence-corrected chi connectivity index (χ0v) is 22.8. The quantitative estimate of drug-likeness (QED) is 0.462. The number of hydrogen-bond acceptors (Lipinski definition) is 6. The second kappa shape index (κ2) is 13.7. The van der Waals surface area contributed by atoms with Crippen LogP contribution in [0.15, 0.2) is 30.7 Å². The highest BCUT2D eigenvalue weighted by molar-refractivity contribution is 5.93. The fourth-order valence-corrected chi connectivity index (χ4v) is 5.27. The molecule has 1 N–H and O–H groups in total. The molecule has 4 rings (SSSR count). The van der Waals surface area contributed by atoms with Gasteiger partial charge in [0.05, 0.1) is 13.4 Å². The van der Waals surface area contributed by atoms with Crippen molar-refractivity contribution in [2.75, 3.05) is 64.9 Å². The highest BCUT2D eigenvalue weighted by atomic mass is 16.5. The lowest BCUT2D eigenvalue weighted by Crippen LogP contribution is -2.47. The zero-order chi connectivity index (χ0) is 26.0. The van der Waals surface area contributed by atoms with Gasteiger partial charge in [0.15, 0.2) is 11.5 Å². The van der Waals surface area contributed by atoms with Crippen molar-refractivity contribution in [3.63, 3.8) is 0 Å². The molecule has 1 aliphatic heterocycles. The number of ether oxygens (including phenoxy) is 2. The summed E-state index contributed by atoms with van der Waals surface area (Å²) >= 11 is 0. The van der Waals surface area contributed by atoms with Gasteiger partial charge in [-0.15, -0.1) is 0 Å². The second-order valence-corrected chi connectivity index (χ2v) is 10.3. The molecule has 0 bridgehead atoms. The van der Waals surface area contributed by atoms with Gasteiger partial charge in [-0.3, -0.25) is 9.80 Å². The Hall–Kier alpha value is -2.78. The van der Waals surface area contributed by atoms with Crippen LogP contribution in [0.3, 0.4) is 0 Å². The Morgan fingerprint density at radius 1 is 1.11 bits per heavy atom. The minimum absolute atomic E-state index is 0.0416. The summed E-state index contributed by atoms with van der Waals surface area (Å²) in [4.78, 5) is 24.3. The van der Waals surface area contributed by atoms with Gasteiger partial charge in [0.1, 0.15) is 6.61 Å². The van der Waals surface area contributed by atoms with Crippen LogP contribution in [0.5, 0.6) is 11.5 Å². The molecule has 1 saturated carbocycles. The van der Waals surface area contributed by atoms with Crippen LogP contribution in [0.25, 0.3) is 0 Å². The van der Waals surface area contributed by atoms with Crippen LogP contribution in [0.1, 0.15) is 44.2 Å². The Kier molecular flexibility index (Phi) is 10.1. The van der Waals surface area contributed by atoms with Crippen LogP contribution in [0, 0.1) is 6.92 Å². The van der Waals surface area contributed by atoms with Crippen LogP contribution in [0.4, 0.5) is 10.5 Å². The maximum atomic E-state index is 13.4. The third kappa shape index (κ3) is 7.61. The SMILES string of the molecule is COc1cc(N(C(=O)NCCCn2cncc2C)C2CCCCC2)ccc1OCCN1CCN(C)CC1. The average Bonchev–Trinajstić information content (AvgIpc) is 3.33. The summed E-state index contributed by atoms with van der Waals surface area (Å²) in [6, 6.07) is 6.05. The van der Waals surface area contributed by atoms with Crippen molar-refractivity contribution < 1.29 is 14.3 Å². The Bertz CT molecular complexity index is 982. The summed E-state index contributed by atoms with van der Waals surface area (Å²) in [5.74, 6) is 1.39. The molecule has 2 aromatic rings. The Labute approximate surface area is 221 Å². The third-order valence-corrected chi connectivity index (χ3v) is 7.62. The number of piperazine rings is 1. The van der Waals surface area contributed by atoms with Crippen molar-refractivity contribution in [1.29, 1.82) is 0 Å². The molecule has 2 aliphatic rings. The lowest BCUT2D eigenvalue weighted by molar-refractivity contribution is 0.133. The van der Waals surface area contributed by atoms with E-state index in [-0.39, 0.29) is 12.1 Å². The van der Waals surface area contributed by atoms with E-state index in [0.717, 1.165) is 88.5 Å². The van der Waals surface area contributed by atoms with E-state index >= 15 is 0 Å². The Balaban J connectivity index is 1.37. The minimum atomic E-state index is -0.0416. The summed E-state index contributed by atoms with van der Waals surface area (Å²) in [5.41, 5.74) is 1.99. The second-order valence-electron chi connectivity index (χ2n) is 10.3. The number of aromatic nitrogens is 2. The molecule has 0 atom stereocenters. The third-order valence-electron chi connectivity index (χ3n) is 7.62. The van der Waals surface area contributed by atoms with Crippen LogP contribution >= 0.6 is 0 Å². The van der Waals surface area contributed by atoms with Crippen molar-refractivity contribution in [3.8, 4) is 11.5 Å². The molecule has 2 heterocycles. The maximum Gasteiger partial charge on any atom is 0.322 e. The number of benzene rings is 1. The van der Waals surface area contributed by atoms with Crippen molar-refractivity contribution in [2.24, 2.45) is 0 Å². The van der Waals surface area contributed by atoms with Gasteiger partial charge < -0.3 is 24.3 Å². The zero-order valence-electron chi connectivity index (χ0n) is 22.8. The molecule has 0 spiro atoms. The molecule has 1 aliphatic carbocycles. The van der Waals surface area contributed by atoms with E-state index in [9.17, 15) is 4.79 Å². The first-order valence-electron chi connectivity index (χ1n) is 13.8. The summed E-state index contributed by atoms with van der Waals surface area (Å²) in [5, 5.41) is 3.16. The standard InChI is InChI=1S/C28H44N6O3/c1-23-21-29-22-33(23)13-7-12-30-28(35)34(24-8-5-4-6-9-24)25-10-11-26(27(20-25)36-3)37-19-18-32-16-14-31(2)15-17-32/h10-11,20-22,24H,4-9,12-19H2,1-3H3,(H,30,35). The van der Waals surface area contributed by atoms with Gasteiger partial charge in [0, 0.05) is 75.5 Å². The molecule has 1 aromatic heterocycles. The van der Waals surface area contributed by atoms with Crippen LogP contribution in [-0.4, -0.2) is 91.5 Å². The molecule has 0 unspecified atom stereocenters. The molecule has 37 heavy (non-hydrogen) atoms. The van der Waals surface area contributed by atoms with Gasteiger partial charge in [-0.1, -0.05) is 19.3 Å². The molecule has 1 saturated heterocycles. The van der Waals surface area contributed by atoms with E-state index in [4.69, 9.17) is 9.47 Å². The fourth-order valence-electron chi connectivity index (χ4n) is 5.27. The monoisotopic (exact) mass is 512 g/mol. The van der Waals surface area contributed by atoms with Gasteiger partial charge in [0.25, 0.3) is 0 Å². The number of likely N-dealkylation sites (N-methyl/N-ethyl adjacent to an activating group) is 1. The number of amides is 2. The first kappa shape index (κ1) is 27.3. The number of nitrogens with one attached hydrogen (secondary N) is 1. The fraction of sp³-hybridized carbons (Fsp3) is 0.643. The van der Waals surface area contributed by atoms with Gasteiger partial charge in [-0.25, -0.2) is 9.78 Å². The predicted molar refractivity (Wildman–Crippen MR) is 147 cm³/mol. The molecular weight excluding hydrogens is 468 g/mol. The number of rotatable bonds is 11. The number of carbonyl (C=O) groups excluding carboxylic acids is 1. The Morgan fingerprint density at radius 2 is 1.89 bits per heavy atom. The van der Waals surface area contributed by atoms with Crippen molar-refractivity contribution >= 4 is 11.7 Å². The number of urea groups is 1. The highest BCUT2D eigenvalue weighted by Crippen LogP contribution is 2.35. The maximum absolute atomic E-state index is 13.4. The number of carbonyl (C=O) groups is 1. The summed E-state index contributed by atoms with van der Waals surface area (Å²) in [7, 11) is 3.83. The molecule has 0 radical (unpaired) electrons. The molecule has 204 valence electrons. The van der Waals surface area contributed by atoms with E-state index in [1.165, 1.54) is 6.42 Å². The first-order chi connectivity index (χ1) is 18.0. The van der Waals surface area contributed by atoms with Crippen molar-refractivity contribution in [3.05, 3.63) is 36.4 Å². The number of aryl methyl sites for hydroxylation is 2. The van der Waals surface area contributed by atoms with Gasteiger partial charge in [-0.05, 0) is 45.4 Å². The van der Waals surface area contributed by atoms with Crippen molar-refractivity contribution in [2.45, 2.75) is 58.0 Å². The number of methoxy groups -OCH3 is 1. The van der Waals surface area contributed by atoms with Crippen molar-refractivity contribution in [1.82, 2.24) is 24.7 Å². The van der Waals surface area contributed by atoms with Gasteiger partial charge in [-0.2, -0.15) is 0 Å². The highest BCUT2D eigenvalue weighted by Gasteiger charge is 2.27. The predicted octanol–water partition coefficient (Wildman–Crippen LogP) is 3.77. The average molecular weight is 513 g/mol. The molecule has 2 amide bonds. The van der Waals surface area contributed by atoms with Gasteiger partial charge in [0.2, 0.25) is 0 Å². The molecule has 1 aromatic carbocycles. The molecule has 9 nitrogen and oxygen atoms in total. The Morgan fingerprint density at radius 3 is 2.59 bits per heavy atom. The first-order valence-corrected chi connectivity index (χ1v) is 13.8. The van der Waals surface area contributed by atoms with Gasteiger partial charge >= 0.3 is 6.03 Å². The van der Waals surface area contributed by atoms with Crippen LogP contribution in [-0.2, 0) is 6.54 Å². The number of hydrogen-bond donors (Lipinski definition) is 1. The largest absolute Gasteiger partial charge is 0.493 e. The number of nitrogens with zero attached hydrogens (tertiary/aromatic N) is 5. The molecule has 2 fully saturated rings. The van der Waals surface area contributed by atoms with E-state index in [2.05, 4.69) is 31.7 Å². The smallest absolute Gasteiger partial charge is 0.322 e. The minimum Gasteiger partial charge on any atom is -0.493 e. The molecule has 9 heteroatoms. The lowest BCUT2D eigenvalue weighted by Gasteiger charge is -2.35. The van der Waals surface area contributed by atoms with E-state index in [1.807, 2.05) is 42.5 Å². The summed E-state index contributed by atoms with van der Waals surface area (Å²) < 4.78 is 13.9. The van der Waals surface area contributed by atoms with E-state index < -0.39 is 0 Å². The van der Waals surface area contributed by atoms with E-state index in [0.29, 0.717) is 18.9 Å². The normalized spacial score (nSPS) is 17.5. The lowest BCUT2D eigenvalue weighted by atomic mass is 9.94. The van der Waals surface area contributed by atoms with Crippen LogP contribution in [0.2, 0.25) is 0 Å². The number of anilines is 1. The number of imidazole rings is 1. The van der Waals surface area contributed by atoms with Crippen LogP contribution < -0.4 is 19.7 Å². The van der Waals surface area contributed by atoms with E-state index in [1.54, 1.807) is 7.11 Å².